The van der Waals surface area contributed by atoms with Gasteiger partial charge in [-0.3, -0.25) is 9.59 Å². The number of hydrogen-bond acceptors (Lipinski definition) is 4. The molecular formula is C17H26O4. The summed E-state index contributed by atoms with van der Waals surface area (Å²) in [4.78, 5) is 22.9. The van der Waals surface area contributed by atoms with Gasteiger partial charge in [0, 0.05) is 13.3 Å². The lowest BCUT2D eigenvalue weighted by Crippen LogP contribution is -2.30. The maximum atomic E-state index is 11.7. The van der Waals surface area contributed by atoms with Gasteiger partial charge in [-0.2, -0.15) is 0 Å². The summed E-state index contributed by atoms with van der Waals surface area (Å²) < 4.78 is 5.34. The van der Waals surface area contributed by atoms with Crippen LogP contribution in [0.4, 0.5) is 0 Å². The third-order valence-corrected chi connectivity index (χ3v) is 3.91. The van der Waals surface area contributed by atoms with Crippen LogP contribution in [0.3, 0.4) is 0 Å². The largest absolute Gasteiger partial charge is 0.458 e. The number of ether oxygens (including phenoxy) is 1. The van der Waals surface area contributed by atoms with E-state index in [1.165, 1.54) is 13.0 Å². The van der Waals surface area contributed by atoms with E-state index in [1.807, 2.05) is 13.0 Å². The molecule has 2 atom stereocenters. The van der Waals surface area contributed by atoms with Crippen LogP contribution in [0.5, 0.6) is 0 Å². The van der Waals surface area contributed by atoms with Crippen molar-refractivity contribution in [3.8, 4) is 0 Å². The lowest BCUT2D eigenvalue weighted by molar-refractivity contribution is -0.145. The van der Waals surface area contributed by atoms with Crippen LogP contribution in [0.25, 0.3) is 0 Å². The van der Waals surface area contributed by atoms with Crippen LogP contribution >= 0.6 is 0 Å². The second kappa shape index (κ2) is 7.03. The zero-order valence-corrected chi connectivity index (χ0v) is 13.6. The van der Waals surface area contributed by atoms with Crippen molar-refractivity contribution in [2.24, 2.45) is 5.41 Å². The van der Waals surface area contributed by atoms with Gasteiger partial charge in [-0.15, -0.1) is 0 Å². The number of ketones is 1. The van der Waals surface area contributed by atoms with E-state index in [4.69, 9.17) is 4.74 Å². The van der Waals surface area contributed by atoms with Gasteiger partial charge in [0.1, 0.15) is 6.10 Å². The van der Waals surface area contributed by atoms with E-state index in [2.05, 4.69) is 13.8 Å². The summed E-state index contributed by atoms with van der Waals surface area (Å²) in [5.41, 5.74) is 1.99. The van der Waals surface area contributed by atoms with Gasteiger partial charge in [-0.25, -0.2) is 0 Å². The fourth-order valence-electron chi connectivity index (χ4n) is 2.79. The highest BCUT2D eigenvalue weighted by Crippen LogP contribution is 2.41. The van der Waals surface area contributed by atoms with Gasteiger partial charge in [-0.05, 0) is 49.3 Å². The van der Waals surface area contributed by atoms with Crippen molar-refractivity contribution >= 4 is 11.8 Å². The zero-order chi connectivity index (χ0) is 16.2. The molecule has 0 radical (unpaired) electrons. The van der Waals surface area contributed by atoms with Gasteiger partial charge >= 0.3 is 5.97 Å². The molecule has 0 bridgehead atoms. The highest BCUT2D eigenvalue weighted by Gasteiger charge is 2.33. The van der Waals surface area contributed by atoms with Crippen LogP contribution in [0, 0.1) is 5.41 Å². The smallest absolute Gasteiger partial charge is 0.303 e. The molecule has 0 aliphatic heterocycles. The highest BCUT2D eigenvalue weighted by atomic mass is 16.5. The molecule has 21 heavy (non-hydrogen) atoms. The molecule has 0 spiro atoms. The average Bonchev–Trinajstić information content (AvgIpc) is 2.31. The molecule has 1 N–H and O–H groups in total. The molecule has 0 aromatic carbocycles. The normalized spacial score (nSPS) is 23.2. The van der Waals surface area contributed by atoms with E-state index in [0.29, 0.717) is 0 Å². The Balaban J connectivity index is 2.99. The first-order chi connectivity index (χ1) is 9.63. The maximum absolute atomic E-state index is 11.7. The third-order valence-electron chi connectivity index (χ3n) is 3.91. The molecule has 0 amide bonds. The molecule has 2 unspecified atom stereocenters. The van der Waals surface area contributed by atoms with Crippen LogP contribution in [0.2, 0.25) is 0 Å². The Bertz CT molecular complexity index is 469. The average molecular weight is 294 g/mol. The number of aliphatic hydroxyl groups excluding tert-OH is 1. The lowest BCUT2D eigenvalue weighted by atomic mass is 9.71. The predicted molar refractivity (Wildman–Crippen MR) is 81.7 cm³/mol. The van der Waals surface area contributed by atoms with Crippen molar-refractivity contribution in [2.75, 3.05) is 0 Å². The Morgan fingerprint density at radius 3 is 2.62 bits per heavy atom. The summed E-state index contributed by atoms with van der Waals surface area (Å²) in [6, 6.07) is 0. The summed E-state index contributed by atoms with van der Waals surface area (Å²) in [5, 5.41) is 9.23. The Kier molecular flexibility index (Phi) is 5.90. The third kappa shape index (κ3) is 5.12. The fraction of sp³-hybridized carbons (Fsp3) is 0.647. The van der Waals surface area contributed by atoms with Gasteiger partial charge < -0.3 is 9.84 Å². The van der Waals surface area contributed by atoms with E-state index >= 15 is 0 Å². The summed E-state index contributed by atoms with van der Waals surface area (Å²) in [6.07, 6.45) is 4.31. The highest BCUT2D eigenvalue weighted by molar-refractivity contribution is 5.90. The summed E-state index contributed by atoms with van der Waals surface area (Å²) in [7, 11) is 0. The van der Waals surface area contributed by atoms with Gasteiger partial charge in [0.15, 0.2) is 5.78 Å². The molecule has 1 rings (SSSR count). The monoisotopic (exact) mass is 294 g/mol. The first kappa shape index (κ1) is 17.6. The molecule has 0 aromatic rings. The van der Waals surface area contributed by atoms with Crippen molar-refractivity contribution in [3.63, 3.8) is 0 Å². The fourth-order valence-corrected chi connectivity index (χ4v) is 2.79. The molecule has 0 heterocycles. The van der Waals surface area contributed by atoms with Gasteiger partial charge in [-0.1, -0.05) is 19.9 Å². The van der Waals surface area contributed by atoms with E-state index < -0.39 is 6.10 Å². The number of esters is 1. The molecule has 0 saturated heterocycles. The minimum Gasteiger partial charge on any atom is -0.458 e. The van der Waals surface area contributed by atoms with Crippen LogP contribution in [-0.4, -0.2) is 29.1 Å². The van der Waals surface area contributed by atoms with E-state index in [1.54, 1.807) is 6.92 Å². The summed E-state index contributed by atoms with van der Waals surface area (Å²) >= 11 is 0. The zero-order valence-electron chi connectivity index (χ0n) is 13.6. The van der Waals surface area contributed by atoms with Crippen LogP contribution < -0.4 is 0 Å². The molecule has 0 saturated carbocycles. The van der Waals surface area contributed by atoms with E-state index in [-0.39, 0.29) is 29.7 Å². The van der Waals surface area contributed by atoms with Crippen LogP contribution in [0.1, 0.15) is 53.9 Å². The minimum absolute atomic E-state index is 0.0532. The molecule has 1 aliphatic rings. The van der Waals surface area contributed by atoms with Gasteiger partial charge in [0.05, 0.1) is 6.10 Å². The molecule has 4 nitrogen and oxygen atoms in total. The number of aliphatic hydroxyl groups is 1. The lowest BCUT2D eigenvalue weighted by Gasteiger charge is -2.36. The number of rotatable bonds is 5. The van der Waals surface area contributed by atoms with Crippen molar-refractivity contribution in [1.82, 2.24) is 0 Å². The Labute approximate surface area is 126 Å². The standard InChI is InChI=1S/C17H26O4/c1-11(18)10-14(20)6-7-15-12(2)16(21-13(3)19)8-9-17(15,4)5/h6-7,11,16,18H,8-10H2,1-5H3/b7-6+. The Morgan fingerprint density at radius 2 is 2.10 bits per heavy atom. The van der Waals surface area contributed by atoms with Crippen molar-refractivity contribution in [2.45, 2.75) is 66.1 Å². The Morgan fingerprint density at radius 1 is 1.48 bits per heavy atom. The predicted octanol–water partition coefficient (Wildman–Crippen LogP) is 2.95. The molecule has 0 aromatic heterocycles. The van der Waals surface area contributed by atoms with Gasteiger partial charge in [0.2, 0.25) is 0 Å². The quantitative estimate of drug-likeness (QED) is 0.625. The van der Waals surface area contributed by atoms with Gasteiger partial charge in [0.25, 0.3) is 0 Å². The topological polar surface area (TPSA) is 63.6 Å². The maximum Gasteiger partial charge on any atom is 0.303 e. The number of carbonyl (C=O) groups excluding carboxylic acids is 2. The molecule has 118 valence electrons. The van der Waals surface area contributed by atoms with Crippen molar-refractivity contribution in [1.29, 1.82) is 0 Å². The Hall–Kier alpha value is -1.42. The minimum atomic E-state index is -0.634. The number of hydrogen-bond donors (Lipinski definition) is 1. The first-order valence-electron chi connectivity index (χ1n) is 7.41. The molecule has 1 aliphatic carbocycles. The number of allylic oxidation sites excluding steroid dienone is 3. The SMILES string of the molecule is CC(=O)OC1CCC(C)(C)C(/C=C/C(=O)CC(C)O)=C1C. The van der Waals surface area contributed by atoms with E-state index in [9.17, 15) is 14.7 Å². The van der Waals surface area contributed by atoms with Crippen molar-refractivity contribution < 1.29 is 19.4 Å². The molecular weight excluding hydrogens is 268 g/mol. The van der Waals surface area contributed by atoms with Crippen molar-refractivity contribution in [3.05, 3.63) is 23.3 Å². The van der Waals surface area contributed by atoms with E-state index in [0.717, 1.165) is 24.0 Å². The number of carbonyl (C=O) groups is 2. The van der Waals surface area contributed by atoms with Crippen LogP contribution in [0.15, 0.2) is 23.3 Å². The summed E-state index contributed by atoms with van der Waals surface area (Å²) in [5.74, 6) is -0.386. The second-order valence-corrected chi connectivity index (χ2v) is 6.47. The first-order valence-corrected chi connectivity index (χ1v) is 7.41. The summed E-state index contributed by atoms with van der Waals surface area (Å²) in [6.45, 7) is 9.21. The molecule has 0 fully saturated rings. The second-order valence-electron chi connectivity index (χ2n) is 6.47. The molecule has 4 heteroatoms. The van der Waals surface area contributed by atoms with Crippen LogP contribution in [-0.2, 0) is 14.3 Å².